The van der Waals surface area contributed by atoms with E-state index in [0.29, 0.717) is 0 Å². The molecule has 0 aliphatic carbocycles. The van der Waals surface area contributed by atoms with Gasteiger partial charge in [0.15, 0.2) is 0 Å². The number of hydrogen-bond donors (Lipinski definition) is 1. The number of anilines is 1. The summed E-state index contributed by atoms with van der Waals surface area (Å²) in [5.74, 6) is 0. The molecule has 0 radical (unpaired) electrons. The number of hydrogen-bond acceptors (Lipinski definition) is 3. The first-order chi connectivity index (χ1) is 7.70. The van der Waals surface area contributed by atoms with Gasteiger partial charge in [0.25, 0.3) is 0 Å². The lowest BCUT2D eigenvalue weighted by Crippen LogP contribution is -1.97. The fraction of sp³-hybridized carbons (Fsp3) is 0.417. The summed E-state index contributed by atoms with van der Waals surface area (Å²) in [5, 5.41) is 4.53. The third kappa shape index (κ3) is 2.27. The van der Waals surface area contributed by atoms with Crippen LogP contribution >= 0.6 is 11.3 Å². The smallest absolute Gasteiger partial charge is 0.125 e. The zero-order chi connectivity index (χ0) is 11.5. The van der Waals surface area contributed by atoms with Gasteiger partial charge in [-0.1, -0.05) is 13.3 Å². The van der Waals surface area contributed by atoms with Gasteiger partial charge in [-0.15, -0.1) is 11.3 Å². The Hall–Kier alpha value is -1.29. The van der Waals surface area contributed by atoms with E-state index < -0.39 is 0 Å². The molecule has 2 aromatic heterocycles. The van der Waals surface area contributed by atoms with Crippen LogP contribution in [0.3, 0.4) is 0 Å². The number of rotatable bonds is 4. The van der Waals surface area contributed by atoms with Gasteiger partial charge < -0.3 is 5.73 Å². The molecule has 0 fully saturated rings. The first-order valence-electron chi connectivity index (χ1n) is 5.60. The van der Waals surface area contributed by atoms with Gasteiger partial charge in [-0.05, 0) is 25.5 Å². The van der Waals surface area contributed by atoms with Gasteiger partial charge in [0.05, 0.1) is 10.6 Å². The lowest BCUT2D eigenvalue weighted by Gasteiger charge is -1.97. The SMILES string of the molecule is CCCCn1cc(N)c(-c2ccc(C)s2)n1. The van der Waals surface area contributed by atoms with Crippen molar-refractivity contribution in [2.24, 2.45) is 0 Å². The second-order valence-electron chi connectivity index (χ2n) is 3.96. The zero-order valence-corrected chi connectivity index (χ0v) is 10.5. The second-order valence-corrected chi connectivity index (χ2v) is 5.25. The highest BCUT2D eigenvalue weighted by Gasteiger charge is 2.09. The Morgan fingerprint density at radius 2 is 2.25 bits per heavy atom. The Labute approximate surface area is 99.9 Å². The molecule has 0 unspecified atom stereocenters. The largest absolute Gasteiger partial charge is 0.396 e. The molecule has 0 bridgehead atoms. The fourth-order valence-electron chi connectivity index (χ4n) is 1.62. The number of aryl methyl sites for hydroxylation is 2. The molecule has 2 N–H and O–H groups in total. The van der Waals surface area contributed by atoms with E-state index in [1.54, 1.807) is 11.3 Å². The minimum atomic E-state index is 0.776. The second kappa shape index (κ2) is 4.70. The van der Waals surface area contributed by atoms with Crippen molar-refractivity contribution >= 4 is 17.0 Å². The Morgan fingerprint density at radius 1 is 1.44 bits per heavy atom. The summed E-state index contributed by atoms with van der Waals surface area (Å²) in [6.45, 7) is 5.22. The van der Waals surface area contributed by atoms with Crippen molar-refractivity contribution in [3.63, 3.8) is 0 Å². The average Bonchev–Trinajstić information content (AvgIpc) is 2.82. The molecule has 16 heavy (non-hydrogen) atoms. The van der Waals surface area contributed by atoms with E-state index >= 15 is 0 Å². The summed E-state index contributed by atoms with van der Waals surface area (Å²) in [5.41, 5.74) is 7.68. The zero-order valence-electron chi connectivity index (χ0n) is 9.73. The Morgan fingerprint density at radius 3 is 2.88 bits per heavy atom. The van der Waals surface area contributed by atoms with Crippen molar-refractivity contribution in [2.75, 3.05) is 5.73 Å². The number of nitrogens with two attached hydrogens (primary N) is 1. The normalized spacial score (nSPS) is 10.9. The van der Waals surface area contributed by atoms with Crippen molar-refractivity contribution in [2.45, 2.75) is 33.2 Å². The summed E-state index contributed by atoms with van der Waals surface area (Å²) in [6, 6.07) is 4.19. The molecule has 2 rings (SSSR count). The topological polar surface area (TPSA) is 43.8 Å². The molecule has 0 spiro atoms. The Bertz CT molecular complexity index is 470. The van der Waals surface area contributed by atoms with Gasteiger partial charge in [-0.2, -0.15) is 5.10 Å². The summed E-state index contributed by atoms with van der Waals surface area (Å²) < 4.78 is 1.95. The lowest BCUT2D eigenvalue weighted by atomic mass is 10.3. The van der Waals surface area contributed by atoms with Gasteiger partial charge in [0, 0.05) is 17.6 Å². The maximum atomic E-state index is 5.98. The van der Waals surface area contributed by atoms with Crippen LogP contribution in [-0.2, 0) is 6.54 Å². The molecule has 3 nitrogen and oxygen atoms in total. The van der Waals surface area contributed by atoms with E-state index in [9.17, 15) is 0 Å². The minimum Gasteiger partial charge on any atom is -0.396 e. The molecular weight excluding hydrogens is 218 g/mol. The van der Waals surface area contributed by atoms with E-state index in [-0.39, 0.29) is 0 Å². The highest BCUT2D eigenvalue weighted by Crippen LogP contribution is 2.30. The molecule has 0 amide bonds. The van der Waals surface area contributed by atoms with Gasteiger partial charge in [-0.25, -0.2) is 0 Å². The van der Waals surface area contributed by atoms with Crippen molar-refractivity contribution in [3.8, 4) is 10.6 Å². The van der Waals surface area contributed by atoms with Crippen LogP contribution < -0.4 is 5.73 Å². The monoisotopic (exact) mass is 235 g/mol. The molecule has 0 saturated carbocycles. The molecule has 2 aromatic rings. The lowest BCUT2D eigenvalue weighted by molar-refractivity contribution is 0.573. The molecule has 2 heterocycles. The molecule has 4 heteroatoms. The van der Waals surface area contributed by atoms with Crippen LogP contribution in [0.4, 0.5) is 5.69 Å². The fourth-order valence-corrected chi connectivity index (χ4v) is 2.50. The number of thiophene rings is 1. The molecule has 0 aromatic carbocycles. The average molecular weight is 235 g/mol. The summed E-state index contributed by atoms with van der Waals surface area (Å²) in [4.78, 5) is 2.45. The van der Waals surface area contributed by atoms with Crippen molar-refractivity contribution in [1.29, 1.82) is 0 Å². The van der Waals surface area contributed by atoms with Gasteiger partial charge >= 0.3 is 0 Å². The maximum absolute atomic E-state index is 5.98. The van der Waals surface area contributed by atoms with Crippen LogP contribution in [0.1, 0.15) is 24.6 Å². The van der Waals surface area contributed by atoms with Crippen LogP contribution in [0.15, 0.2) is 18.3 Å². The molecule has 0 aliphatic rings. The van der Waals surface area contributed by atoms with Crippen LogP contribution in [0, 0.1) is 6.92 Å². The first-order valence-corrected chi connectivity index (χ1v) is 6.42. The minimum absolute atomic E-state index is 0.776. The number of nitrogens with zero attached hydrogens (tertiary/aromatic N) is 2. The predicted octanol–water partition coefficient (Wildman–Crippen LogP) is 3.30. The van der Waals surface area contributed by atoms with E-state index in [2.05, 4.69) is 31.1 Å². The van der Waals surface area contributed by atoms with Crippen LogP contribution in [-0.4, -0.2) is 9.78 Å². The summed E-state index contributed by atoms with van der Waals surface area (Å²) >= 11 is 1.74. The number of unbranched alkanes of at least 4 members (excludes halogenated alkanes) is 1. The summed E-state index contributed by atoms with van der Waals surface area (Å²) in [6.07, 6.45) is 4.25. The summed E-state index contributed by atoms with van der Waals surface area (Å²) in [7, 11) is 0. The quantitative estimate of drug-likeness (QED) is 0.883. The van der Waals surface area contributed by atoms with Gasteiger partial charge in [0.1, 0.15) is 5.69 Å². The standard InChI is InChI=1S/C12H17N3S/c1-3-4-7-15-8-10(13)12(14-15)11-6-5-9(2)16-11/h5-6,8H,3-4,7,13H2,1-2H3. The Kier molecular flexibility index (Phi) is 3.29. The van der Waals surface area contributed by atoms with E-state index in [1.165, 1.54) is 11.3 Å². The highest BCUT2D eigenvalue weighted by molar-refractivity contribution is 7.15. The number of nitrogen functional groups attached to an aromatic ring is 1. The van der Waals surface area contributed by atoms with E-state index in [0.717, 1.165) is 29.2 Å². The van der Waals surface area contributed by atoms with Crippen LogP contribution in [0.2, 0.25) is 0 Å². The van der Waals surface area contributed by atoms with Crippen LogP contribution in [0.5, 0.6) is 0 Å². The van der Waals surface area contributed by atoms with Crippen molar-refractivity contribution < 1.29 is 0 Å². The highest BCUT2D eigenvalue weighted by atomic mass is 32.1. The third-order valence-corrected chi connectivity index (χ3v) is 3.51. The molecular formula is C12H17N3S. The third-order valence-electron chi connectivity index (χ3n) is 2.50. The molecule has 0 aliphatic heterocycles. The van der Waals surface area contributed by atoms with Gasteiger partial charge in [0.2, 0.25) is 0 Å². The maximum Gasteiger partial charge on any atom is 0.125 e. The van der Waals surface area contributed by atoms with Gasteiger partial charge in [-0.3, -0.25) is 4.68 Å². The Balaban J connectivity index is 2.24. The van der Waals surface area contributed by atoms with E-state index in [1.807, 2.05) is 10.9 Å². The van der Waals surface area contributed by atoms with Crippen molar-refractivity contribution in [3.05, 3.63) is 23.2 Å². The number of aromatic nitrogens is 2. The van der Waals surface area contributed by atoms with E-state index in [4.69, 9.17) is 5.73 Å². The molecule has 0 saturated heterocycles. The van der Waals surface area contributed by atoms with Crippen molar-refractivity contribution in [1.82, 2.24) is 9.78 Å². The van der Waals surface area contributed by atoms with Crippen LogP contribution in [0.25, 0.3) is 10.6 Å². The molecule has 0 atom stereocenters. The molecule has 86 valence electrons. The first kappa shape index (κ1) is 11.2. The predicted molar refractivity (Wildman–Crippen MR) is 69.6 cm³/mol.